The summed E-state index contributed by atoms with van der Waals surface area (Å²) in [5, 5.41) is 7.24. The molecule has 1 heterocycles. The molecule has 0 fully saturated rings. The highest BCUT2D eigenvalue weighted by Gasteiger charge is 2.35. The van der Waals surface area contributed by atoms with E-state index < -0.39 is 5.54 Å². The summed E-state index contributed by atoms with van der Waals surface area (Å²) in [5.41, 5.74) is -0.700. The van der Waals surface area contributed by atoms with Gasteiger partial charge in [0, 0.05) is 0 Å². The molecule has 1 aromatic rings. The van der Waals surface area contributed by atoms with Gasteiger partial charge in [0.15, 0.2) is 0 Å². The van der Waals surface area contributed by atoms with Crippen molar-refractivity contribution < 1.29 is 9.53 Å². The van der Waals surface area contributed by atoms with Crippen LogP contribution in [0, 0.1) is 0 Å². The molecule has 1 aromatic heterocycles. The molecular weight excluding hydrogens is 220 g/mol. The first-order valence-electron chi connectivity index (χ1n) is 5.71. The van der Waals surface area contributed by atoms with Crippen molar-refractivity contribution in [3.8, 4) is 0 Å². The summed E-state index contributed by atoms with van der Waals surface area (Å²) < 4.78 is 6.57. The normalized spacial score (nSPS) is 16.2. The molecule has 96 valence electrons. The molecule has 0 saturated carbocycles. The van der Waals surface area contributed by atoms with E-state index in [-0.39, 0.29) is 12.0 Å². The van der Waals surface area contributed by atoms with Crippen molar-refractivity contribution in [3.63, 3.8) is 0 Å². The molecule has 0 amide bonds. The van der Waals surface area contributed by atoms with E-state index in [1.165, 1.54) is 13.4 Å². The van der Waals surface area contributed by atoms with Crippen molar-refractivity contribution in [3.05, 3.63) is 12.7 Å². The lowest BCUT2D eigenvalue weighted by Crippen LogP contribution is -2.51. The molecule has 0 aliphatic carbocycles. The van der Waals surface area contributed by atoms with Crippen molar-refractivity contribution in [1.29, 1.82) is 0 Å². The minimum atomic E-state index is -0.700. The monoisotopic (exact) mass is 240 g/mol. The van der Waals surface area contributed by atoms with Gasteiger partial charge in [-0.1, -0.05) is 6.92 Å². The first kappa shape index (κ1) is 13.6. The Bertz CT molecular complexity index is 352. The third kappa shape index (κ3) is 3.26. The van der Waals surface area contributed by atoms with Gasteiger partial charge in [-0.15, -0.1) is 0 Å². The zero-order chi connectivity index (χ0) is 12.9. The number of methoxy groups -OCH3 is 1. The van der Waals surface area contributed by atoms with Gasteiger partial charge in [-0.3, -0.25) is 9.48 Å². The van der Waals surface area contributed by atoms with Crippen molar-refractivity contribution >= 4 is 5.97 Å². The Morgan fingerprint density at radius 1 is 1.65 bits per heavy atom. The standard InChI is InChI=1S/C11H20N4O2/c1-5-13-11(3,10(16)17-4)6-9(2)15-8-12-7-14-15/h7-9,13H,5-6H2,1-4H3. The Balaban J connectivity index is 2.76. The van der Waals surface area contributed by atoms with Gasteiger partial charge in [0.25, 0.3) is 0 Å². The summed E-state index contributed by atoms with van der Waals surface area (Å²) in [7, 11) is 1.40. The molecule has 0 saturated heterocycles. The third-order valence-corrected chi connectivity index (χ3v) is 2.79. The highest BCUT2D eigenvalue weighted by molar-refractivity contribution is 5.80. The van der Waals surface area contributed by atoms with Crippen LogP contribution in [-0.2, 0) is 9.53 Å². The van der Waals surface area contributed by atoms with Gasteiger partial charge >= 0.3 is 5.97 Å². The summed E-state index contributed by atoms with van der Waals surface area (Å²) in [6.07, 6.45) is 3.73. The lowest BCUT2D eigenvalue weighted by atomic mass is 9.93. The number of ether oxygens (including phenoxy) is 1. The molecule has 0 spiro atoms. The Morgan fingerprint density at radius 3 is 2.82 bits per heavy atom. The van der Waals surface area contributed by atoms with Crippen LogP contribution in [-0.4, -0.2) is 39.9 Å². The maximum atomic E-state index is 11.8. The van der Waals surface area contributed by atoms with Crippen molar-refractivity contribution in [2.45, 2.75) is 38.8 Å². The van der Waals surface area contributed by atoms with E-state index in [1.54, 1.807) is 11.0 Å². The van der Waals surface area contributed by atoms with Gasteiger partial charge in [0.1, 0.15) is 18.2 Å². The molecule has 2 atom stereocenters. The smallest absolute Gasteiger partial charge is 0.325 e. The van der Waals surface area contributed by atoms with Crippen LogP contribution in [0.2, 0.25) is 0 Å². The van der Waals surface area contributed by atoms with Crippen LogP contribution < -0.4 is 5.32 Å². The Morgan fingerprint density at radius 2 is 2.35 bits per heavy atom. The van der Waals surface area contributed by atoms with Crippen molar-refractivity contribution in [1.82, 2.24) is 20.1 Å². The summed E-state index contributed by atoms with van der Waals surface area (Å²) in [6.45, 7) is 6.50. The molecule has 6 heteroatoms. The van der Waals surface area contributed by atoms with Crippen LogP contribution >= 0.6 is 0 Å². The van der Waals surface area contributed by atoms with Gasteiger partial charge in [0.2, 0.25) is 0 Å². The summed E-state index contributed by atoms with van der Waals surface area (Å²) in [5.74, 6) is -0.258. The zero-order valence-electron chi connectivity index (χ0n) is 10.8. The van der Waals surface area contributed by atoms with E-state index in [4.69, 9.17) is 4.74 Å². The predicted octanol–water partition coefficient (Wildman–Crippen LogP) is 0.770. The van der Waals surface area contributed by atoms with Gasteiger partial charge < -0.3 is 10.1 Å². The number of carbonyl (C=O) groups is 1. The molecule has 0 aliphatic rings. The van der Waals surface area contributed by atoms with Crippen LogP contribution in [0.25, 0.3) is 0 Å². The fraction of sp³-hybridized carbons (Fsp3) is 0.727. The number of nitrogens with zero attached hydrogens (tertiary/aromatic N) is 3. The van der Waals surface area contributed by atoms with E-state index >= 15 is 0 Å². The van der Waals surface area contributed by atoms with Crippen LogP contribution in [0.5, 0.6) is 0 Å². The van der Waals surface area contributed by atoms with Crippen LogP contribution in [0.1, 0.15) is 33.2 Å². The van der Waals surface area contributed by atoms with E-state index in [0.29, 0.717) is 13.0 Å². The zero-order valence-corrected chi connectivity index (χ0v) is 10.8. The largest absolute Gasteiger partial charge is 0.468 e. The number of rotatable bonds is 6. The average molecular weight is 240 g/mol. The predicted molar refractivity (Wildman–Crippen MR) is 63.4 cm³/mol. The van der Waals surface area contributed by atoms with Crippen LogP contribution in [0.15, 0.2) is 12.7 Å². The van der Waals surface area contributed by atoms with Gasteiger partial charge in [-0.25, -0.2) is 4.98 Å². The highest BCUT2D eigenvalue weighted by Crippen LogP contribution is 2.21. The molecular formula is C11H20N4O2. The Labute approximate surface area is 101 Å². The molecule has 0 aliphatic heterocycles. The molecule has 6 nitrogen and oxygen atoms in total. The molecule has 2 unspecified atom stereocenters. The van der Waals surface area contributed by atoms with Crippen molar-refractivity contribution in [2.75, 3.05) is 13.7 Å². The van der Waals surface area contributed by atoms with E-state index in [2.05, 4.69) is 15.4 Å². The second-order valence-corrected chi connectivity index (χ2v) is 4.28. The number of nitrogens with one attached hydrogen (secondary N) is 1. The Hall–Kier alpha value is -1.43. The number of likely N-dealkylation sites (N-methyl/N-ethyl adjacent to an activating group) is 1. The molecule has 1 N–H and O–H groups in total. The van der Waals surface area contributed by atoms with E-state index in [1.807, 2.05) is 20.8 Å². The minimum Gasteiger partial charge on any atom is -0.468 e. The second kappa shape index (κ2) is 5.77. The van der Waals surface area contributed by atoms with E-state index in [9.17, 15) is 4.79 Å². The summed E-state index contributed by atoms with van der Waals surface area (Å²) in [4.78, 5) is 15.7. The fourth-order valence-corrected chi connectivity index (χ4v) is 1.97. The SMILES string of the molecule is CCNC(C)(CC(C)n1cncn1)C(=O)OC. The molecule has 0 bridgehead atoms. The van der Waals surface area contributed by atoms with Crippen LogP contribution in [0.3, 0.4) is 0 Å². The third-order valence-electron chi connectivity index (χ3n) is 2.79. The maximum absolute atomic E-state index is 11.8. The first-order valence-corrected chi connectivity index (χ1v) is 5.71. The minimum absolute atomic E-state index is 0.0700. The highest BCUT2D eigenvalue weighted by atomic mass is 16.5. The Kier molecular flexibility index (Phi) is 4.62. The molecule has 0 aromatic carbocycles. The molecule has 17 heavy (non-hydrogen) atoms. The first-order chi connectivity index (χ1) is 8.03. The fourth-order valence-electron chi connectivity index (χ4n) is 1.97. The topological polar surface area (TPSA) is 69.0 Å². The molecule has 1 rings (SSSR count). The quantitative estimate of drug-likeness (QED) is 0.744. The van der Waals surface area contributed by atoms with Crippen LogP contribution in [0.4, 0.5) is 0 Å². The number of carbonyl (C=O) groups excluding carboxylic acids is 1. The second-order valence-electron chi connectivity index (χ2n) is 4.28. The number of esters is 1. The van der Waals surface area contributed by atoms with Gasteiger partial charge in [-0.05, 0) is 26.8 Å². The van der Waals surface area contributed by atoms with Crippen molar-refractivity contribution in [2.24, 2.45) is 0 Å². The number of hydrogen-bond acceptors (Lipinski definition) is 5. The van der Waals surface area contributed by atoms with Gasteiger partial charge in [-0.2, -0.15) is 5.10 Å². The number of hydrogen-bond donors (Lipinski definition) is 1. The lowest BCUT2D eigenvalue weighted by Gasteiger charge is -2.30. The summed E-state index contributed by atoms with van der Waals surface area (Å²) >= 11 is 0. The molecule has 0 radical (unpaired) electrons. The average Bonchev–Trinajstić information content (AvgIpc) is 2.81. The lowest BCUT2D eigenvalue weighted by molar-refractivity contribution is -0.148. The number of aromatic nitrogens is 3. The summed E-state index contributed by atoms with van der Waals surface area (Å²) in [6, 6.07) is 0.0700. The van der Waals surface area contributed by atoms with E-state index in [0.717, 1.165) is 0 Å². The maximum Gasteiger partial charge on any atom is 0.325 e. The van der Waals surface area contributed by atoms with Gasteiger partial charge in [0.05, 0.1) is 13.2 Å².